The molecular formula is C104H129FN26O11. The van der Waals surface area contributed by atoms with Crippen LogP contribution in [0, 0.1) is 5.82 Å². The molecule has 2 atom stereocenters. The van der Waals surface area contributed by atoms with Crippen LogP contribution in [-0.2, 0) is 18.9 Å². The molecule has 37 nitrogen and oxygen atoms in total. The number of likely N-dealkylation sites (N-methyl/N-ethyl adjacent to an activating group) is 2. The van der Waals surface area contributed by atoms with Crippen molar-refractivity contribution in [2.45, 2.75) is 170 Å². The minimum absolute atomic E-state index is 0.0124. The van der Waals surface area contributed by atoms with Gasteiger partial charge in [0.1, 0.15) is 50.9 Å². The van der Waals surface area contributed by atoms with Crippen LogP contribution in [0.25, 0.3) is 44.1 Å². The number of piperazine rings is 2. The second-order valence-electron chi connectivity index (χ2n) is 38.2. The van der Waals surface area contributed by atoms with E-state index in [0.29, 0.717) is 73.1 Å². The monoisotopic (exact) mass is 1940 g/mol. The fourth-order valence-electron chi connectivity index (χ4n) is 20.2. The van der Waals surface area contributed by atoms with Crippen LogP contribution in [0.15, 0.2) is 166 Å². The summed E-state index contributed by atoms with van der Waals surface area (Å²) in [6, 6.07) is 25.9. The van der Waals surface area contributed by atoms with Crippen molar-refractivity contribution in [2.24, 2.45) is 0 Å². The van der Waals surface area contributed by atoms with Crippen LogP contribution in [0.2, 0.25) is 0 Å². The lowest BCUT2D eigenvalue weighted by Gasteiger charge is -2.34. The van der Waals surface area contributed by atoms with Gasteiger partial charge >= 0.3 is 0 Å². The van der Waals surface area contributed by atoms with Gasteiger partial charge in [-0.15, -0.1) is 0 Å². The number of hydrogen-bond acceptors (Lipinski definition) is 35. The van der Waals surface area contributed by atoms with E-state index in [1.165, 1.54) is 6.07 Å². The van der Waals surface area contributed by atoms with Crippen molar-refractivity contribution in [3.8, 4) is 23.0 Å². The van der Waals surface area contributed by atoms with E-state index in [0.717, 1.165) is 311 Å². The minimum atomic E-state index is -0.344. The van der Waals surface area contributed by atoms with Gasteiger partial charge in [-0.05, 0) is 178 Å². The molecule has 5 aromatic carbocycles. The molecule has 2 amide bonds. The molecule has 10 fully saturated rings. The quantitative estimate of drug-likeness (QED) is 0.0397. The first-order valence-electron chi connectivity index (χ1n) is 50.5. The van der Waals surface area contributed by atoms with Gasteiger partial charge in [-0.2, -0.15) is 0 Å². The zero-order valence-electron chi connectivity index (χ0n) is 81.2. The van der Waals surface area contributed by atoms with Crippen molar-refractivity contribution in [3.05, 3.63) is 183 Å². The summed E-state index contributed by atoms with van der Waals surface area (Å²) in [5.41, 5.74) is 12.2. The summed E-state index contributed by atoms with van der Waals surface area (Å²) in [7, 11) is 4.19. The number of aliphatic hydroxyl groups is 1. The molecule has 12 aromatic rings. The third-order valence-corrected chi connectivity index (χ3v) is 28.2. The van der Waals surface area contributed by atoms with Crippen molar-refractivity contribution in [3.63, 3.8) is 0 Å². The van der Waals surface area contributed by atoms with Gasteiger partial charge in [-0.3, -0.25) is 29.5 Å². The lowest BCUT2D eigenvalue weighted by Crippen LogP contribution is -2.45. The van der Waals surface area contributed by atoms with Crippen molar-refractivity contribution >= 4 is 102 Å². The molecule has 10 aliphatic rings. The van der Waals surface area contributed by atoms with E-state index in [9.17, 15) is 19.1 Å². The second kappa shape index (κ2) is 47.6. The predicted molar refractivity (Wildman–Crippen MR) is 542 cm³/mol. The third kappa shape index (κ3) is 25.7. The number of fused-ring (bicyclic) bond motifs is 4. The van der Waals surface area contributed by atoms with E-state index >= 15 is 0 Å². The Bertz CT molecular complexity index is 6110. The van der Waals surface area contributed by atoms with Gasteiger partial charge < -0.3 is 103 Å². The first-order valence-corrected chi connectivity index (χ1v) is 50.5. The Morgan fingerprint density at radius 1 is 0.366 bits per heavy atom. The van der Waals surface area contributed by atoms with Crippen LogP contribution in [0.1, 0.15) is 130 Å². The average Bonchev–Trinajstić information content (AvgIpc) is 0.792. The maximum atomic E-state index is 14.9. The molecule has 22 rings (SSSR count). The van der Waals surface area contributed by atoms with Gasteiger partial charge in [-0.1, -0.05) is 0 Å². The Hall–Kier alpha value is -13.1. The highest BCUT2D eigenvalue weighted by atomic mass is 19.1. The Labute approximate surface area is 826 Å². The van der Waals surface area contributed by atoms with Gasteiger partial charge in [0.15, 0.2) is 0 Å². The van der Waals surface area contributed by atoms with E-state index in [1.807, 2.05) is 23.1 Å². The zero-order chi connectivity index (χ0) is 96.9. The van der Waals surface area contributed by atoms with Crippen molar-refractivity contribution in [2.75, 3.05) is 205 Å². The molecule has 0 radical (unpaired) electrons. The minimum Gasteiger partial charge on any atom is -0.488 e. The fraction of sp³-hybridized carbons (Fsp3) is 0.500. The van der Waals surface area contributed by atoms with Gasteiger partial charge in [-0.25, -0.2) is 54.2 Å². The normalized spacial score (nSPS) is 23.1. The molecule has 7 aromatic heterocycles. The average molecular weight is 1940 g/mol. The number of hydrogen-bond donors (Lipinski definition) is 5. The number of halogens is 1. The number of ether oxygens (including phenoxy) is 8. The van der Waals surface area contributed by atoms with Crippen LogP contribution >= 0.6 is 0 Å². The van der Waals surface area contributed by atoms with Gasteiger partial charge in [0.25, 0.3) is 11.8 Å². The van der Waals surface area contributed by atoms with Crippen LogP contribution in [0.3, 0.4) is 0 Å². The first-order chi connectivity index (χ1) is 69.7. The number of morpholine rings is 4. The van der Waals surface area contributed by atoms with Gasteiger partial charge in [0, 0.05) is 268 Å². The number of rotatable bonds is 23. The second-order valence-corrected chi connectivity index (χ2v) is 38.2. The molecule has 13 heterocycles. The summed E-state index contributed by atoms with van der Waals surface area (Å²) in [6.45, 7) is 19.9. The van der Waals surface area contributed by atoms with E-state index in [4.69, 9.17) is 37.9 Å². The predicted octanol–water partition coefficient (Wildman–Crippen LogP) is 11.5. The Morgan fingerprint density at radius 2 is 0.718 bits per heavy atom. The number of nitrogens with one attached hydrogen (secondary N) is 4. The molecule has 0 bridgehead atoms. The van der Waals surface area contributed by atoms with Crippen LogP contribution in [0.4, 0.5) is 50.7 Å². The van der Waals surface area contributed by atoms with E-state index in [1.54, 1.807) is 98.9 Å². The molecular weight excluding hydrogens is 1810 g/mol. The summed E-state index contributed by atoms with van der Waals surface area (Å²) in [6.07, 6.45) is 38.9. The van der Waals surface area contributed by atoms with Crippen LogP contribution < -0.4 is 69.6 Å². The van der Waals surface area contributed by atoms with Gasteiger partial charge in [0.2, 0.25) is 17.8 Å². The largest absolute Gasteiger partial charge is 0.488 e. The molecule has 142 heavy (non-hydrogen) atoms. The standard InChI is InChI=1S/C30H37FN6O3.C28H36N8O3.C23H28N6O3.C23H28N6O2/c1-35-10-12-37(13-11-35)27-7-2-21(18-25(27)31)30(38)34-22-3-5-24(6-4-22)40-28-20-23(36-14-16-39-17-15-36)19-26-29(28)33-9-8-32-26;1-34-8-10-36(11-9-34)28-31-18-20(19-32-28)27(37)33-21-2-4-23(5-3-21)39-25-17-22(35-12-14-38-15-13-35)16-24-26(25)30-7-6-29-24;30-15-19-14-29(10-11-31-19)17-12-20-22(25-9-8-24-20)21(13-17)32-18-4-2-16(3-5-18)28-23-26-6-1-7-27-23;1-16-15-29(11-12-30-16)18-13-20-22(25-10-9-24-20)21(14-18)31-19-5-3-17(4-6-19)28-23-26-7-2-8-27-23/h2,7-9,18-20,22,24H,3-6,10-17H2,1H3,(H,34,38);6-7,16-19,21,23H,2-5,8-15H2,1H3,(H,33,37);1,6-9,12-13,16,18-19,30H,2-5,10-11,14-15H2,(H,26,27,28);2,7-10,13-14,16-17,19H,3-6,11-12,15H2,1H3,(H,26,27,28)/t;;16?,18?,19-;16-,17?,19?/m..01/s1. The topological polar surface area (TPSA) is 383 Å². The number of carbonyl (C=O) groups excluding carboxylic acids is 2. The van der Waals surface area contributed by atoms with Gasteiger partial charge in [0.05, 0.1) is 116 Å². The molecule has 5 N–H and O–H groups in total. The number of amides is 2. The lowest BCUT2D eigenvalue weighted by molar-refractivity contribution is 0.00355. The molecule has 0 spiro atoms. The summed E-state index contributed by atoms with van der Waals surface area (Å²) in [4.78, 5) is 106. The number of aromatic nitrogens is 14. The number of aliphatic hydroxyl groups excluding tert-OH is 1. The molecule has 748 valence electrons. The third-order valence-electron chi connectivity index (χ3n) is 28.2. The summed E-state index contributed by atoms with van der Waals surface area (Å²) >= 11 is 0. The number of carbonyl (C=O) groups is 2. The molecule has 4 saturated carbocycles. The first kappa shape index (κ1) is 97.7. The summed E-state index contributed by atoms with van der Waals surface area (Å²) in [5.74, 6) is 4.47. The van der Waals surface area contributed by atoms with E-state index < -0.39 is 0 Å². The van der Waals surface area contributed by atoms with E-state index in [2.05, 4.69) is 189 Å². The van der Waals surface area contributed by atoms with E-state index in [-0.39, 0.29) is 72.9 Å². The van der Waals surface area contributed by atoms with Crippen molar-refractivity contribution in [1.82, 2.24) is 90.2 Å². The van der Waals surface area contributed by atoms with Crippen molar-refractivity contribution < 1.29 is 57.0 Å². The Morgan fingerprint density at radius 3 is 1.11 bits per heavy atom. The molecule has 6 saturated heterocycles. The number of nitrogens with zero attached hydrogens (tertiary/aromatic N) is 22. The smallest absolute Gasteiger partial charge is 0.254 e. The molecule has 4 aliphatic carbocycles. The summed E-state index contributed by atoms with van der Waals surface area (Å²) in [5, 5.41) is 22.6. The number of anilines is 8. The van der Waals surface area contributed by atoms with Crippen molar-refractivity contribution in [1.29, 1.82) is 0 Å². The van der Waals surface area contributed by atoms with Crippen LogP contribution in [-0.4, -0.2) is 322 Å². The zero-order valence-corrected chi connectivity index (χ0v) is 81.2. The molecule has 6 aliphatic heterocycles. The fourth-order valence-corrected chi connectivity index (χ4v) is 20.2. The SMILES string of the molecule is CN1CCN(c2ccc(C(=O)NC3CCC(Oc4cc(N5CCOCC5)cc5nccnc45)CC3)cc2F)CC1.CN1CCN(c2ncc(C(=O)NC3CCC(Oc4cc(N5CCOCC5)cc5nccnc45)CC3)cn2)CC1.C[C@@H]1CN(c2cc(OC3CCC(Nc4ncccn4)CC3)c3nccnc3c2)CCO1.OC[C@@H]1CN(c2cc(OC3CCC(Nc4ncccn4)CC3)c3nccnc3c2)CCO1. The summed E-state index contributed by atoms with van der Waals surface area (Å²) < 4.78 is 63.3. The Balaban J connectivity index is 0.000000121. The highest BCUT2D eigenvalue weighted by Gasteiger charge is 2.34. The number of benzene rings is 5. The maximum absolute atomic E-state index is 14.9. The lowest BCUT2D eigenvalue weighted by atomic mass is 9.92. The molecule has 0 unspecified atom stereocenters. The highest BCUT2D eigenvalue weighted by molar-refractivity contribution is 5.95. The Kier molecular flexibility index (Phi) is 32.8. The van der Waals surface area contributed by atoms with Crippen LogP contribution in [0.5, 0.6) is 23.0 Å². The highest BCUT2D eigenvalue weighted by Crippen LogP contribution is 2.40. The molecule has 38 heteroatoms. The maximum Gasteiger partial charge on any atom is 0.254 e.